The maximum absolute atomic E-state index is 12.8. The number of halogens is 3. The maximum Gasteiger partial charge on any atom is 0.416 e. The lowest BCUT2D eigenvalue weighted by atomic mass is 10.1. The van der Waals surface area contributed by atoms with Gasteiger partial charge in [0.15, 0.2) is 6.61 Å². The van der Waals surface area contributed by atoms with Gasteiger partial charge in [0.25, 0.3) is 0 Å². The van der Waals surface area contributed by atoms with Crippen LogP contribution in [0.3, 0.4) is 0 Å². The first-order chi connectivity index (χ1) is 12.9. The first-order valence-corrected chi connectivity index (χ1v) is 8.24. The number of ether oxygens (including phenoxy) is 1. The van der Waals surface area contributed by atoms with Gasteiger partial charge in [-0.3, -0.25) is 4.90 Å². The van der Waals surface area contributed by atoms with Gasteiger partial charge in [-0.05, 0) is 30.8 Å². The zero-order valence-electron chi connectivity index (χ0n) is 14.6. The van der Waals surface area contributed by atoms with E-state index in [0.717, 1.165) is 12.1 Å². The zero-order chi connectivity index (χ0) is 19.3. The van der Waals surface area contributed by atoms with Crippen LogP contribution in [-0.4, -0.2) is 22.1 Å². The molecule has 1 heterocycles. The standard InChI is InChI=1S/C19H18F3N3O2/c1-25(11-14-6-5-7-15(10-14)19(20,21)22)12-18-23-17(24-27-18)13-26-16-8-3-2-4-9-16/h2-10H,11-13H2,1H3. The summed E-state index contributed by atoms with van der Waals surface area (Å²) in [7, 11) is 1.77. The van der Waals surface area contributed by atoms with Crippen molar-refractivity contribution in [2.45, 2.75) is 25.9 Å². The van der Waals surface area contributed by atoms with Gasteiger partial charge in [-0.25, -0.2) is 0 Å². The van der Waals surface area contributed by atoms with Gasteiger partial charge in [-0.1, -0.05) is 41.6 Å². The monoisotopic (exact) mass is 377 g/mol. The second kappa shape index (κ2) is 8.22. The van der Waals surface area contributed by atoms with Crippen LogP contribution < -0.4 is 4.74 Å². The Hall–Kier alpha value is -2.87. The van der Waals surface area contributed by atoms with Gasteiger partial charge in [-0.15, -0.1) is 0 Å². The van der Waals surface area contributed by atoms with Crippen molar-refractivity contribution in [3.05, 3.63) is 77.4 Å². The van der Waals surface area contributed by atoms with E-state index in [4.69, 9.17) is 9.26 Å². The summed E-state index contributed by atoms with van der Waals surface area (Å²) >= 11 is 0. The molecule has 0 aliphatic heterocycles. The van der Waals surface area contributed by atoms with Crippen LogP contribution in [0.5, 0.6) is 5.75 Å². The molecule has 0 amide bonds. The normalized spacial score (nSPS) is 11.7. The van der Waals surface area contributed by atoms with E-state index in [9.17, 15) is 13.2 Å². The van der Waals surface area contributed by atoms with Gasteiger partial charge in [0, 0.05) is 6.54 Å². The number of para-hydroxylation sites is 1. The van der Waals surface area contributed by atoms with Crippen LogP contribution in [0.1, 0.15) is 22.8 Å². The zero-order valence-corrected chi connectivity index (χ0v) is 14.6. The molecule has 142 valence electrons. The fraction of sp³-hybridized carbons (Fsp3) is 0.263. The molecule has 2 aromatic carbocycles. The molecule has 0 saturated heterocycles. The number of hydrogen-bond acceptors (Lipinski definition) is 5. The van der Waals surface area contributed by atoms with E-state index in [1.54, 1.807) is 18.0 Å². The molecule has 3 aromatic rings. The van der Waals surface area contributed by atoms with Gasteiger partial charge in [0.2, 0.25) is 11.7 Å². The molecule has 0 N–H and O–H groups in total. The Morgan fingerprint density at radius 1 is 1.04 bits per heavy atom. The number of nitrogens with zero attached hydrogens (tertiary/aromatic N) is 3. The second-order valence-electron chi connectivity index (χ2n) is 6.08. The van der Waals surface area contributed by atoms with Crippen LogP contribution in [0.15, 0.2) is 59.1 Å². The van der Waals surface area contributed by atoms with Gasteiger partial charge >= 0.3 is 6.18 Å². The lowest BCUT2D eigenvalue weighted by Crippen LogP contribution is -2.18. The third kappa shape index (κ3) is 5.55. The van der Waals surface area contributed by atoms with Crippen molar-refractivity contribution in [2.24, 2.45) is 0 Å². The number of alkyl halides is 3. The molecule has 0 radical (unpaired) electrons. The van der Waals surface area contributed by atoms with Crippen LogP contribution in [-0.2, 0) is 25.9 Å². The Morgan fingerprint density at radius 3 is 2.56 bits per heavy atom. The maximum atomic E-state index is 12.8. The molecule has 27 heavy (non-hydrogen) atoms. The van der Waals surface area contributed by atoms with Crippen molar-refractivity contribution in [3.8, 4) is 5.75 Å². The molecular formula is C19H18F3N3O2. The summed E-state index contributed by atoms with van der Waals surface area (Å²) in [6.45, 7) is 0.807. The van der Waals surface area contributed by atoms with E-state index in [1.165, 1.54) is 6.07 Å². The molecule has 0 saturated carbocycles. The van der Waals surface area contributed by atoms with Crippen molar-refractivity contribution < 1.29 is 22.4 Å². The molecule has 0 aliphatic carbocycles. The number of hydrogen-bond donors (Lipinski definition) is 0. The van der Waals surface area contributed by atoms with Gasteiger partial charge < -0.3 is 9.26 Å². The highest BCUT2D eigenvalue weighted by Gasteiger charge is 2.30. The van der Waals surface area contributed by atoms with E-state index in [0.29, 0.717) is 36.1 Å². The quantitative estimate of drug-likeness (QED) is 0.615. The first kappa shape index (κ1) is 18.9. The van der Waals surface area contributed by atoms with Crippen LogP contribution >= 0.6 is 0 Å². The Kier molecular flexibility index (Phi) is 5.75. The molecule has 1 aromatic heterocycles. The Bertz CT molecular complexity index is 866. The predicted octanol–water partition coefficient (Wildman–Crippen LogP) is 4.30. The van der Waals surface area contributed by atoms with Crippen molar-refractivity contribution in [1.29, 1.82) is 0 Å². The minimum absolute atomic E-state index is 0.171. The topological polar surface area (TPSA) is 51.4 Å². The number of rotatable bonds is 7. The Balaban J connectivity index is 1.54. The molecule has 0 aliphatic rings. The largest absolute Gasteiger partial charge is 0.485 e. The lowest BCUT2D eigenvalue weighted by molar-refractivity contribution is -0.137. The number of aromatic nitrogens is 2. The minimum Gasteiger partial charge on any atom is -0.485 e. The molecule has 0 spiro atoms. The van der Waals surface area contributed by atoms with Crippen LogP contribution in [0.2, 0.25) is 0 Å². The third-order valence-corrected chi connectivity index (χ3v) is 3.73. The lowest BCUT2D eigenvalue weighted by Gasteiger charge is -2.15. The van der Waals surface area contributed by atoms with E-state index in [2.05, 4.69) is 10.1 Å². The van der Waals surface area contributed by atoms with E-state index in [1.807, 2.05) is 30.3 Å². The van der Waals surface area contributed by atoms with Crippen molar-refractivity contribution in [1.82, 2.24) is 15.0 Å². The molecule has 0 bridgehead atoms. The summed E-state index contributed by atoms with van der Waals surface area (Å²) in [6.07, 6.45) is -4.35. The molecule has 3 rings (SSSR count). The average molecular weight is 377 g/mol. The summed E-state index contributed by atoms with van der Waals surface area (Å²) in [6, 6.07) is 14.5. The number of benzene rings is 2. The first-order valence-electron chi connectivity index (χ1n) is 8.24. The van der Waals surface area contributed by atoms with E-state index >= 15 is 0 Å². The van der Waals surface area contributed by atoms with E-state index in [-0.39, 0.29) is 6.61 Å². The highest BCUT2D eigenvalue weighted by Crippen LogP contribution is 2.29. The molecular weight excluding hydrogens is 359 g/mol. The fourth-order valence-corrected chi connectivity index (χ4v) is 2.52. The van der Waals surface area contributed by atoms with Crippen LogP contribution in [0.4, 0.5) is 13.2 Å². The SMILES string of the molecule is CN(Cc1cccc(C(F)(F)F)c1)Cc1nc(COc2ccccc2)no1. The second-order valence-corrected chi connectivity index (χ2v) is 6.08. The van der Waals surface area contributed by atoms with Gasteiger partial charge in [0.05, 0.1) is 12.1 Å². The smallest absolute Gasteiger partial charge is 0.416 e. The predicted molar refractivity (Wildman–Crippen MR) is 91.7 cm³/mol. The van der Waals surface area contributed by atoms with Crippen LogP contribution in [0.25, 0.3) is 0 Å². The molecule has 0 atom stereocenters. The molecule has 0 unspecified atom stereocenters. The van der Waals surface area contributed by atoms with Gasteiger partial charge in [0.1, 0.15) is 5.75 Å². The third-order valence-electron chi connectivity index (χ3n) is 3.73. The molecule has 0 fully saturated rings. The minimum atomic E-state index is -4.35. The van der Waals surface area contributed by atoms with Crippen LogP contribution in [0, 0.1) is 0 Å². The Labute approximate surface area is 154 Å². The highest BCUT2D eigenvalue weighted by atomic mass is 19.4. The average Bonchev–Trinajstić information content (AvgIpc) is 3.07. The van der Waals surface area contributed by atoms with Crippen molar-refractivity contribution >= 4 is 0 Å². The van der Waals surface area contributed by atoms with E-state index < -0.39 is 11.7 Å². The summed E-state index contributed by atoms with van der Waals surface area (Å²) < 4.78 is 49.1. The van der Waals surface area contributed by atoms with Crippen molar-refractivity contribution in [2.75, 3.05) is 7.05 Å². The van der Waals surface area contributed by atoms with Gasteiger partial charge in [-0.2, -0.15) is 18.2 Å². The summed E-state index contributed by atoms with van der Waals surface area (Å²) in [5.74, 6) is 1.47. The summed E-state index contributed by atoms with van der Waals surface area (Å²) in [4.78, 5) is 6.04. The molecule has 5 nitrogen and oxygen atoms in total. The summed E-state index contributed by atoms with van der Waals surface area (Å²) in [5.41, 5.74) is -0.106. The molecule has 8 heteroatoms. The Morgan fingerprint density at radius 2 is 1.81 bits per heavy atom. The fourth-order valence-electron chi connectivity index (χ4n) is 2.52. The van der Waals surface area contributed by atoms with Crippen molar-refractivity contribution in [3.63, 3.8) is 0 Å². The summed E-state index contributed by atoms with van der Waals surface area (Å²) in [5, 5.41) is 3.85. The highest BCUT2D eigenvalue weighted by molar-refractivity contribution is 5.25.